The number of fused-ring (bicyclic) bond motifs is 1. The minimum atomic E-state index is -0.312. The van der Waals surface area contributed by atoms with Crippen LogP contribution in [0.25, 0.3) is 16.9 Å². The number of aromatic nitrogens is 3. The Labute approximate surface area is 117 Å². The topological polar surface area (TPSA) is 56.7 Å². The highest BCUT2D eigenvalue weighted by Gasteiger charge is 2.12. The number of benzene rings is 1. The predicted octanol–water partition coefficient (Wildman–Crippen LogP) is 3.21. The van der Waals surface area contributed by atoms with Crippen molar-refractivity contribution in [2.75, 3.05) is 5.73 Å². The van der Waals surface area contributed by atoms with E-state index in [1.165, 1.54) is 12.1 Å². The summed E-state index contributed by atoms with van der Waals surface area (Å²) >= 11 is 3.33. The minimum Gasteiger partial charge on any atom is -0.369 e. The lowest BCUT2D eigenvalue weighted by Gasteiger charge is -2.07. The summed E-state index contributed by atoms with van der Waals surface area (Å²) < 4.78 is 16.0. The molecule has 2 aromatic heterocycles. The fourth-order valence-electron chi connectivity index (χ4n) is 2.06. The first-order valence-electron chi connectivity index (χ1n) is 5.61. The van der Waals surface area contributed by atoms with E-state index in [0.717, 1.165) is 10.0 Å². The van der Waals surface area contributed by atoms with Crippen molar-refractivity contribution in [2.24, 2.45) is 0 Å². The van der Waals surface area contributed by atoms with Gasteiger partial charge in [-0.15, -0.1) is 0 Å². The van der Waals surface area contributed by atoms with Crippen LogP contribution in [0.5, 0.6) is 0 Å². The standard InChI is InChI=1S/C13H10BrFN4/c1-7-2-9(15)5-10(3-7)19-12-11(18-13(19)16)4-8(14)6-17-12/h2-6H,1H3,(H2,16,18). The van der Waals surface area contributed by atoms with Crippen molar-refractivity contribution < 1.29 is 4.39 Å². The normalized spacial score (nSPS) is 11.1. The molecule has 0 bridgehead atoms. The highest BCUT2D eigenvalue weighted by molar-refractivity contribution is 9.10. The average Bonchev–Trinajstić information content (AvgIpc) is 2.62. The molecular weight excluding hydrogens is 311 g/mol. The molecule has 96 valence electrons. The Morgan fingerprint density at radius 2 is 2.05 bits per heavy atom. The van der Waals surface area contributed by atoms with Crippen molar-refractivity contribution in [1.29, 1.82) is 0 Å². The second-order valence-corrected chi connectivity index (χ2v) is 5.20. The summed E-state index contributed by atoms with van der Waals surface area (Å²) in [6.07, 6.45) is 1.66. The molecule has 1 aromatic carbocycles. The first kappa shape index (κ1) is 12.1. The number of pyridine rings is 1. The van der Waals surface area contributed by atoms with Gasteiger partial charge in [-0.25, -0.2) is 14.4 Å². The van der Waals surface area contributed by atoms with Gasteiger partial charge < -0.3 is 5.73 Å². The number of nitrogen functional groups attached to an aromatic ring is 1. The van der Waals surface area contributed by atoms with E-state index in [-0.39, 0.29) is 11.8 Å². The van der Waals surface area contributed by atoms with Gasteiger partial charge in [-0.05, 0) is 52.7 Å². The summed E-state index contributed by atoms with van der Waals surface area (Å²) in [4.78, 5) is 8.52. The fourth-order valence-corrected chi connectivity index (χ4v) is 2.38. The van der Waals surface area contributed by atoms with Gasteiger partial charge in [0, 0.05) is 10.7 Å². The van der Waals surface area contributed by atoms with E-state index in [9.17, 15) is 4.39 Å². The molecule has 3 aromatic rings. The van der Waals surface area contributed by atoms with Crippen LogP contribution >= 0.6 is 15.9 Å². The summed E-state index contributed by atoms with van der Waals surface area (Å²) in [5.74, 6) is -0.0287. The second-order valence-electron chi connectivity index (χ2n) is 4.29. The van der Waals surface area contributed by atoms with Crippen LogP contribution in [-0.2, 0) is 0 Å². The van der Waals surface area contributed by atoms with Crippen molar-refractivity contribution >= 4 is 33.0 Å². The van der Waals surface area contributed by atoms with Crippen molar-refractivity contribution in [3.63, 3.8) is 0 Å². The minimum absolute atomic E-state index is 0.283. The predicted molar refractivity (Wildman–Crippen MR) is 75.7 cm³/mol. The Kier molecular flexibility index (Phi) is 2.74. The van der Waals surface area contributed by atoms with Gasteiger partial charge >= 0.3 is 0 Å². The summed E-state index contributed by atoms with van der Waals surface area (Å²) in [5, 5.41) is 0. The SMILES string of the molecule is Cc1cc(F)cc(-n2c(N)nc3cc(Br)cnc32)c1. The number of imidazole rings is 1. The molecule has 19 heavy (non-hydrogen) atoms. The van der Waals surface area contributed by atoms with Crippen LogP contribution in [0.2, 0.25) is 0 Å². The molecule has 0 radical (unpaired) electrons. The van der Waals surface area contributed by atoms with Crippen molar-refractivity contribution in [3.05, 3.63) is 46.3 Å². The van der Waals surface area contributed by atoms with Gasteiger partial charge in [0.2, 0.25) is 5.95 Å². The van der Waals surface area contributed by atoms with Gasteiger partial charge in [0.05, 0.1) is 5.69 Å². The quantitative estimate of drug-likeness (QED) is 0.749. The number of rotatable bonds is 1. The molecule has 0 saturated carbocycles. The zero-order valence-electron chi connectivity index (χ0n) is 10.1. The zero-order chi connectivity index (χ0) is 13.6. The third-order valence-electron chi connectivity index (χ3n) is 2.77. The molecule has 6 heteroatoms. The van der Waals surface area contributed by atoms with E-state index >= 15 is 0 Å². The van der Waals surface area contributed by atoms with Gasteiger partial charge in [0.25, 0.3) is 0 Å². The number of nitrogens with two attached hydrogens (primary N) is 1. The van der Waals surface area contributed by atoms with Gasteiger partial charge in [0.15, 0.2) is 5.65 Å². The number of nitrogens with zero attached hydrogens (tertiary/aromatic N) is 3. The Morgan fingerprint density at radius 1 is 1.26 bits per heavy atom. The first-order chi connectivity index (χ1) is 9.04. The van der Waals surface area contributed by atoms with Crippen LogP contribution in [0.3, 0.4) is 0 Å². The summed E-state index contributed by atoms with van der Waals surface area (Å²) in [6, 6.07) is 6.53. The molecule has 2 heterocycles. The van der Waals surface area contributed by atoms with Crippen LogP contribution in [-0.4, -0.2) is 14.5 Å². The Hall–Kier alpha value is -1.95. The maximum atomic E-state index is 13.5. The second kappa shape index (κ2) is 4.31. The monoisotopic (exact) mass is 320 g/mol. The highest BCUT2D eigenvalue weighted by atomic mass is 79.9. The van der Waals surface area contributed by atoms with Crippen LogP contribution in [0.4, 0.5) is 10.3 Å². The van der Waals surface area contributed by atoms with Crippen LogP contribution in [0.1, 0.15) is 5.56 Å². The van der Waals surface area contributed by atoms with Crippen LogP contribution in [0.15, 0.2) is 34.9 Å². The van der Waals surface area contributed by atoms with Crippen molar-refractivity contribution in [1.82, 2.24) is 14.5 Å². The van der Waals surface area contributed by atoms with E-state index in [2.05, 4.69) is 25.9 Å². The molecule has 0 fully saturated rings. The van der Waals surface area contributed by atoms with Crippen LogP contribution < -0.4 is 5.73 Å². The summed E-state index contributed by atoms with van der Waals surface area (Å²) in [6.45, 7) is 1.83. The lowest BCUT2D eigenvalue weighted by atomic mass is 10.2. The molecule has 4 nitrogen and oxygen atoms in total. The molecular formula is C13H10BrFN4. The van der Waals surface area contributed by atoms with Gasteiger partial charge in [-0.2, -0.15) is 0 Å². The zero-order valence-corrected chi connectivity index (χ0v) is 11.6. The van der Waals surface area contributed by atoms with Crippen molar-refractivity contribution in [2.45, 2.75) is 6.92 Å². The average molecular weight is 321 g/mol. The maximum Gasteiger partial charge on any atom is 0.207 e. The van der Waals surface area contributed by atoms with Gasteiger partial charge in [-0.1, -0.05) is 0 Å². The molecule has 3 rings (SSSR count). The molecule has 0 saturated heterocycles. The third kappa shape index (κ3) is 2.08. The van der Waals surface area contributed by atoms with Gasteiger partial charge in [0.1, 0.15) is 11.3 Å². The molecule has 0 aliphatic carbocycles. The Bertz CT molecular complexity index is 761. The Balaban J connectivity index is 2.32. The van der Waals surface area contributed by atoms with E-state index in [4.69, 9.17) is 5.73 Å². The summed E-state index contributed by atoms with van der Waals surface area (Å²) in [5.41, 5.74) is 8.60. The van der Waals surface area contributed by atoms with E-state index < -0.39 is 0 Å². The van der Waals surface area contributed by atoms with E-state index in [0.29, 0.717) is 16.9 Å². The number of hydrogen-bond acceptors (Lipinski definition) is 3. The number of anilines is 1. The van der Waals surface area contributed by atoms with E-state index in [1.54, 1.807) is 10.8 Å². The third-order valence-corrected chi connectivity index (χ3v) is 3.21. The molecule has 0 aliphatic rings. The molecule has 0 unspecified atom stereocenters. The van der Waals surface area contributed by atoms with E-state index in [1.807, 2.05) is 19.1 Å². The van der Waals surface area contributed by atoms with Crippen molar-refractivity contribution in [3.8, 4) is 5.69 Å². The molecule has 0 aliphatic heterocycles. The highest BCUT2D eigenvalue weighted by Crippen LogP contribution is 2.24. The smallest absolute Gasteiger partial charge is 0.207 e. The molecule has 0 spiro atoms. The summed E-state index contributed by atoms with van der Waals surface area (Å²) in [7, 11) is 0. The largest absolute Gasteiger partial charge is 0.369 e. The first-order valence-corrected chi connectivity index (χ1v) is 6.41. The molecule has 2 N–H and O–H groups in total. The van der Waals surface area contributed by atoms with Crippen LogP contribution in [0, 0.1) is 12.7 Å². The maximum absolute atomic E-state index is 13.5. The number of aryl methyl sites for hydroxylation is 1. The lowest BCUT2D eigenvalue weighted by Crippen LogP contribution is -2.02. The fraction of sp³-hybridized carbons (Fsp3) is 0.0769. The lowest BCUT2D eigenvalue weighted by molar-refractivity contribution is 0.625. The molecule has 0 atom stereocenters. The number of hydrogen-bond donors (Lipinski definition) is 1. The van der Waals surface area contributed by atoms with Gasteiger partial charge in [-0.3, -0.25) is 4.57 Å². The number of halogens is 2. The Morgan fingerprint density at radius 3 is 2.79 bits per heavy atom. The molecule has 0 amide bonds.